The molecule has 1 aliphatic heterocycles. The molecule has 27 heavy (non-hydrogen) atoms. The Labute approximate surface area is 161 Å². The maximum atomic E-state index is 12.6. The second-order valence-corrected chi connectivity index (χ2v) is 7.37. The van der Waals surface area contributed by atoms with Gasteiger partial charge < -0.3 is 9.64 Å². The number of nitrogens with zero attached hydrogens (tertiary/aromatic N) is 1. The molecule has 4 nitrogen and oxygen atoms in total. The lowest BCUT2D eigenvalue weighted by Gasteiger charge is -2.23. The largest absolute Gasteiger partial charge is 0.461 e. The maximum absolute atomic E-state index is 12.6. The minimum Gasteiger partial charge on any atom is -0.461 e. The zero-order chi connectivity index (χ0) is 19.4. The Bertz CT molecular complexity index is 813. The minimum absolute atomic E-state index is 0.0111. The van der Waals surface area contributed by atoms with E-state index < -0.39 is 5.92 Å². The summed E-state index contributed by atoms with van der Waals surface area (Å²) in [6, 6.07) is 15.9. The first-order valence-electron chi connectivity index (χ1n) is 9.61. The van der Waals surface area contributed by atoms with Crippen LogP contribution >= 0.6 is 0 Å². The van der Waals surface area contributed by atoms with Crippen LogP contribution in [0.15, 0.2) is 48.5 Å². The number of carbonyl (C=O) groups is 2. The number of hydrogen-bond donors (Lipinski definition) is 0. The van der Waals surface area contributed by atoms with Gasteiger partial charge in [0, 0.05) is 18.7 Å². The Kier molecular flexibility index (Phi) is 5.94. The lowest BCUT2D eigenvalue weighted by molar-refractivity contribution is -0.149. The van der Waals surface area contributed by atoms with E-state index in [0.717, 1.165) is 23.2 Å². The molecule has 0 spiro atoms. The van der Waals surface area contributed by atoms with Gasteiger partial charge in [0.15, 0.2) is 0 Å². The van der Waals surface area contributed by atoms with Gasteiger partial charge in [-0.2, -0.15) is 0 Å². The zero-order valence-corrected chi connectivity index (χ0v) is 16.3. The van der Waals surface area contributed by atoms with Crippen molar-refractivity contribution in [2.45, 2.75) is 46.1 Å². The Balaban J connectivity index is 1.67. The predicted octanol–water partition coefficient (Wildman–Crippen LogP) is 4.60. The highest BCUT2D eigenvalue weighted by molar-refractivity contribution is 6.00. The molecule has 2 aromatic rings. The van der Waals surface area contributed by atoms with E-state index in [2.05, 4.69) is 19.9 Å². The number of rotatable bonds is 6. The van der Waals surface area contributed by atoms with Crippen molar-refractivity contribution in [1.82, 2.24) is 0 Å². The summed E-state index contributed by atoms with van der Waals surface area (Å²) in [5, 5.41) is 0. The number of amides is 1. The van der Waals surface area contributed by atoms with Crippen molar-refractivity contribution in [3.8, 4) is 0 Å². The molecular formula is C23H27NO3. The van der Waals surface area contributed by atoms with Crippen LogP contribution in [0.5, 0.6) is 0 Å². The second kappa shape index (κ2) is 8.38. The molecule has 1 heterocycles. The maximum Gasteiger partial charge on any atom is 0.311 e. The minimum atomic E-state index is -0.409. The molecule has 0 unspecified atom stereocenters. The fraction of sp³-hybridized carbons (Fsp3) is 0.391. The van der Waals surface area contributed by atoms with Gasteiger partial charge in [-0.3, -0.25) is 9.59 Å². The quantitative estimate of drug-likeness (QED) is 0.703. The average molecular weight is 365 g/mol. The van der Waals surface area contributed by atoms with Crippen molar-refractivity contribution < 1.29 is 14.3 Å². The molecule has 1 amide bonds. The summed E-state index contributed by atoms with van der Waals surface area (Å²) in [7, 11) is 0. The monoisotopic (exact) mass is 365 g/mol. The number of ether oxygens (including phenoxy) is 1. The van der Waals surface area contributed by atoms with Crippen LogP contribution in [-0.2, 0) is 20.9 Å². The summed E-state index contributed by atoms with van der Waals surface area (Å²) in [6.07, 6.45) is 1.21. The molecule has 0 N–H and O–H groups in total. The molecule has 0 aromatic heterocycles. The average Bonchev–Trinajstić information content (AvgIpc) is 3.08. The van der Waals surface area contributed by atoms with E-state index in [9.17, 15) is 9.59 Å². The number of benzene rings is 2. The van der Waals surface area contributed by atoms with Crippen LogP contribution in [0.1, 0.15) is 49.3 Å². The van der Waals surface area contributed by atoms with Crippen LogP contribution in [-0.4, -0.2) is 18.4 Å². The smallest absolute Gasteiger partial charge is 0.311 e. The lowest BCUT2D eigenvalue weighted by Crippen LogP contribution is -2.27. The normalized spacial score (nSPS) is 17.8. The highest BCUT2D eigenvalue weighted by Crippen LogP contribution is 2.33. The number of hydrogen-bond acceptors (Lipinski definition) is 3. The Morgan fingerprint density at radius 3 is 2.59 bits per heavy atom. The van der Waals surface area contributed by atoms with E-state index >= 15 is 0 Å². The number of para-hydroxylation sites is 1. The van der Waals surface area contributed by atoms with Crippen LogP contribution in [0.25, 0.3) is 0 Å². The first-order chi connectivity index (χ1) is 13.0. The molecular weight excluding hydrogens is 338 g/mol. The number of anilines is 1. The third kappa shape index (κ3) is 4.38. The molecule has 0 saturated carbocycles. The Morgan fingerprint density at radius 1 is 1.19 bits per heavy atom. The molecule has 2 aromatic carbocycles. The second-order valence-electron chi connectivity index (χ2n) is 7.37. The molecule has 1 saturated heterocycles. The fourth-order valence-corrected chi connectivity index (χ4v) is 3.42. The van der Waals surface area contributed by atoms with Gasteiger partial charge in [0.1, 0.15) is 6.61 Å². The number of esters is 1. The molecule has 0 radical (unpaired) electrons. The van der Waals surface area contributed by atoms with Crippen molar-refractivity contribution in [1.29, 1.82) is 0 Å². The Hall–Kier alpha value is -2.62. The summed E-state index contributed by atoms with van der Waals surface area (Å²) in [4.78, 5) is 26.8. The van der Waals surface area contributed by atoms with E-state index in [-0.39, 0.29) is 24.9 Å². The van der Waals surface area contributed by atoms with Crippen LogP contribution in [0, 0.1) is 12.8 Å². The highest BCUT2D eigenvalue weighted by Gasteiger charge is 2.37. The predicted molar refractivity (Wildman–Crippen MR) is 107 cm³/mol. The van der Waals surface area contributed by atoms with Crippen LogP contribution in [0.4, 0.5) is 5.69 Å². The van der Waals surface area contributed by atoms with Crippen molar-refractivity contribution >= 4 is 17.6 Å². The van der Waals surface area contributed by atoms with Crippen molar-refractivity contribution in [2.75, 3.05) is 11.4 Å². The van der Waals surface area contributed by atoms with Crippen LogP contribution in [0.2, 0.25) is 0 Å². The van der Waals surface area contributed by atoms with Gasteiger partial charge in [0.25, 0.3) is 0 Å². The highest BCUT2D eigenvalue weighted by atomic mass is 16.5. The molecule has 1 aliphatic rings. The third-order valence-electron chi connectivity index (χ3n) is 5.33. The molecule has 1 fully saturated rings. The van der Waals surface area contributed by atoms with Crippen molar-refractivity contribution in [2.24, 2.45) is 5.92 Å². The molecule has 4 heteroatoms. The summed E-state index contributed by atoms with van der Waals surface area (Å²) < 4.78 is 5.47. The molecule has 0 aliphatic carbocycles. The summed E-state index contributed by atoms with van der Waals surface area (Å²) in [5.74, 6) is -0.357. The topological polar surface area (TPSA) is 46.6 Å². The Morgan fingerprint density at radius 2 is 1.89 bits per heavy atom. The number of aryl methyl sites for hydroxylation is 1. The van der Waals surface area contributed by atoms with Gasteiger partial charge in [0.05, 0.1) is 5.92 Å². The van der Waals surface area contributed by atoms with Gasteiger partial charge in [0.2, 0.25) is 5.91 Å². The van der Waals surface area contributed by atoms with E-state index in [1.165, 1.54) is 5.56 Å². The van der Waals surface area contributed by atoms with Gasteiger partial charge in [-0.25, -0.2) is 0 Å². The first kappa shape index (κ1) is 19.2. The number of carbonyl (C=O) groups excluding carboxylic acids is 2. The first-order valence-corrected chi connectivity index (χ1v) is 9.61. The summed E-state index contributed by atoms with van der Waals surface area (Å²) >= 11 is 0. The van der Waals surface area contributed by atoms with Crippen LogP contribution < -0.4 is 4.90 Å². The third-order valence-corrected chi connectivity index (χ3v) is 5.33. The molecule has 0 bridgehead atoms. The summed E-state index contributed by atoms with van der Waals surface area (Å²) in [6.45, 7) is 6.95. The SMILES string of the molecule is CC[C@@H](C)c1ccccc1N1C[C@H](C(=O)OCc2ccc(C)cc2)CC1=O. The molecule has 2 atom stereocenters. The zero-order valence-electron chi connectivity index (χ0n) is 16.3. The summed E-state index contributed by atoms with van der Waals surface area (Å²) in [5.41, 5.74) is 4.20. The van der Waals surface area contributed by atoms with E-state index in [1.807, 2.05) is 49.4 Å². The van der Waals surface area contributed by atoms with Crippen molar-refractivity contribution in [3.63, 3.8) is 0 Å². The molecule has 3 rings (SSSR count). The lowest BCUT2D eigenvalue weighted by atomic mass is 9.96. The van der Waals surface area contributed by atoms with E-state index in [0.29, 0.717) is 12.5 Å². The van der Waals surface area contributed by atoms with Gasteiger partial charge in [-0.15, -0.1) is 0 Å². The standard InChI is InChI=1S/C23H27NO3/c1-4-17(3)20-7-5-6-8-21(20)24-14-19(13-22(24)25)23(26)27-15-18-11-9-16(2)10-12-18/h5-12,17,19H,4,13-15H2,1-3H3/t17-,19-/m1/s1. The van der Waals surface area contributed by atoms with Crippen LogP contribution in [0.3, 0.4) is 0 Å². The van der Waals surface area contributed by atoms with E-state index in [1.54, 1.807) is 4.90 Å². The van der Waals surface area contributed by atoms with Gasteiger partial charge >= 0.3 is 5.97 Å². The van der Waals surface area contributed by atoms with E-state index in [4.69, 9.17) is 4.74 Å². The van der Waals surface area contributed by atoms with Gasteiger partial charge in [-0.1, -0.05) is 61.9 Å². The molecule has 142 valence electrons. The van der Waals surface area contributed by atoms with Crippen molar-refractivity contribution in [3.05, 3.63) is 65.2 Å². The van der Waals surface area contributed by atoms with Gasteiger partial charge in [-0.05, 0) is 36.5 Å². The fourth-order valence-electron chi connectivity index (χ4n) is 3.42.